The second kappa shape index (κ2) is 10.1. The van der Waals surface area contributed by atoms with Crippen LogP contribution >= 0.6 is 11.3 Å². The molecule has 2 unspecified atom stereocenters. The summed E-state index contributed by atoms with van der Waals surface area (Å²) in [5.41, 5.74) is 1.69. The van der Waals surface area contributed by atoms with Crippen molar-refractivity contribution in [1.82, 2.24) is 15.6 Å². The highest BCUT2D eigenvalue weighted by atomic mass is 32.1. The normalized spacial score (nSPS) is 18.8. The first-order valence-electron chi connectivity index (χ1n) is 10.7. The molecule has 0 spiro atoms. The SMILES string of the molecule is CCOc1ccc(-c2nc(C)c(C(=O)NC3CCCC(C(=O)NC(C)C)C3)s2)cc1. The van der Waals surface area contributed by atoms with Gasteiger partial charge in [0, 0.05) is 23.6 Å². The van der Waals surface area contributed by atoms with E-state index in [0.29, 0.717) is 17.9 Å². The minimum Gasteiger partial charge on any atom is -0.494 e. The third-order valence-corrected chi connectivity index (χ3v) is 6.43. The van der Waals surface area contributed by atoms with Crippen LogP contribution in [0.5, 0.6) is 5.75 Å². The lowest BCUT2D eigenvalue weighted by Crippen LogP contribution is -2.43. The number of aryl methyl sites for hydroxylation is 1. The Labute approximate surface area is 182 Å². The predicted octanol–water partition coefficient (Wildman–Crippen LogP) is 4.33. The van der Waals surface area contributed by atoms with Gasteiger partial charge in [-0.3, -0.25) is 9.59 Å². The molecule has 162 valence electrons. The smallest absolute Gasteiger partial charge is 0.263 e. The summed E-state index contributed by atoms with van der Waals surface area (Å²) in [6.45, 7) is 8.38. The van der Waals surface area contributed by atoms with Gasteiger partial charge in [0.1, 0.15) is 15.6 Å². The molecule has 1 aliphatic carbocycles. The molecule has 0 saturated heterocycles. The number of aromatic nitrogens is 1. The van der Waals surface area contributed by atoms with Crippen LogP contribution in [0.4, 0.5) is 0 Å². The molecule has 3 rings (SSSR count). The van der Waals surface area contributed by atoms with Gasteiger partial charge in [-0.25, -0.2) is 4.98 Å². The maximum atomic E-state index is 12.9. The molecule has 1 heterocycles. The monoisotopic (exact) mass is 429 g/mol. The molecule has 1 aromatic heterocycles. The maximum Gasteiger partial charge on any atom is 0.263 e. The maximum absolute atomic E-state index is 12.9. The number of rotatable bonds is 7. The zero-order valence-electron chi connectivity index (χ0n) is 18.2. The van der Waals surface area contributed by atoms with Gasteiger partial charge in [-0.05, 0) is 71.2 Å². The van der Waals surface area contributed by atoms with E-state index in [1.807, 2.05) is 52.0 Å². The van der Waals surface area contributed by atoms with Gasteiger partial charge >= 0.3 is 0 Å². The highest BCUT2D eigenvalue weighted by molar-refractivity contribution is 7.17. The number of hydrogen-bond donors (Lipinski definition) is 2. The van der Waals surface area contributed by atoms with Gasteiger partial charge in [0.15, 0.2) is 0 Å². The molecule has 30 heavy (non-hydrogen) atoms. The lowest BCUT2D eigenvalue weighted by molar-refractivity contribution is -0.126. The Morgan fingerprint density at radius 2 is 1.97 bits per heavy atom. The Bertz CT molecular complexity index is 876. The van der Waals surface area contributed by atoms with Crippen LogP contribution in [0.2, 0.25) is 0 Å². The topological polar surface area (TPSA) is 80.3 Å². The zero-order chi connectivity index (χ0) is 21.7. The lowest BCUT2D eigenvalue weighted by atomic mass is 9.85. The Kier molecular flexibility index (Phi) is 7.48. The van der Waals surface area contributed by atoms with Crippen molar-refractivity contribution in [3.8, 4) is 16.3 Å². The number of nitrogens with one attached hydrogen (secondary N) is 2. The Morgan fingerprint density at radius 3 is 2.63 bits per heavy atom. The summed E-state index contributed by atoms with van der Waals surface area (Å²) in [6.07, 6.45) is 3.42. The quantitative estimate of drug-likeness (QED) is 0.686. The van der Waals surface area contributed by atoms with E-state index in [1.54, 1.807) is 0 Å². The molecule has 2 aromatic rings. The average Bonchev–Trinajstić information content (AvgIpc) is 3.10. The van der Waals surface area contributed by atoms with Crippen molar-refractivity contribution >= 4 is 23.2 Å². The lowest BCUT2D eigenvalue weighted by Gasteiger charge is -2.29. The number of amides is 2. The molecule has 1 saturated carbocycles. The van der Waals surface area contributed by atoms with Crippen LogP contribution in [0.3, 0.4) is 0 Å². The minimum atomic E-state index is -0.0999. The van der Waals surface area contributed by atoms with Crippen LogP contribution in [0, 0.1) is 12.8 Å². The first-order chi connectivity index (χ1) is 14.4. The molecule has 7 heteroatoms. The number of nitrogens with zero attached hydrogens (tertiary/aromatic N) is 1. The number of thiazole rings is 1. The summed E-state index contributed by atoms with van der Waals surface area (Å²) in [4.78, 5) is 30.5. The number of ether oxygens (including phenoxy) is 1. The van der Waals surface area contributed by atoms with Crippen molar-refractivity contribution in [2.24, 2.45) is 5.92 Å². The van der Waals surface area contributed by atoms with E-state index in [1.165, 1.54) is 11.3 Å². The Hall–Kier alpha value is -2.41. The molecule has 6 nitrogen and oxygen atoms in total. The van der Waals surface area contributed by atoms with E-state index in [0.717, 1.165) is 41.3 Å². The summed E-state index contributed by atoms with van der Waals surface area (Å²) < 4.78 is 5.49. The van der Waals surface area contributed by atoms with E-state index in [2.05, 4.69) is 15.6 Å². The van der Waals surface area contributed by atoms with E-state index in [9.17, 15) is 9.59 Å². The number of carbonyl (C=O) groups is 2. The summed E-state index contributed by atoms with van der Waals surface area (Å²) in [5.74, 6) is 0.780. The minimum absolute atomic E-state index is 0.0181. The van der Waals surface area contributed by atoms with Crippen molar-refractivity contribution in [2.75, 3.05) is 6.61 Å². The molecule has 0 radical (unpaired) electrons. The van der Waals surface area contributed by atoms with Crippen LogP contribution in [0.15, 0.2) is 24.3 Å². The Balaban J connectivity index is 1.65. The summed E-state index contributed by atoms with van der Waals surface area (Å²) in [5, 5.41) is 6.95. The zero-order valence-corrected chi connectivity index (χ0v) is 19.0. The van der Waals surface area contributed by atoms with Crippen LogP contribution in [-0.2, 0) is 4.79 Å². The third kappa shape index (κ3) is 5.59. The highest BCUT2D eigenvalue weighted by Gasteiger charge is 2.29. The highest BCUT2D eigenvalue weighted by Crippen LogP contribution is 2.30. The van der Waals surface area contributed by atoms with Gasteiger partial charge < -0.3 is 15.4 Å². The molecule has 2 amide bonds. The van der Waals surface area contributed by atoms with Gasteiger partial charge in [-0.1, -0.05) is 6.42 Å². The van der Waals surface area contributed by atoms with Crippen LogP contribution < -0.4 is 15.4 Å². The fourth-order valence-electron chi connectivity index (χ4n) is 3.80. The van der Waals surface area contributed by atoms with Gasteiger partial charge in [0.05, 0.1) is 12.3 Å². The summed E-state index contributed by atoms with van der Waals surface area (Å²) in [6, 6.07) is 7.91. The van der Waals surface area contributed by atoms with E-state index < -0.39 is 0 Å². The van der Waals surface area contributed by atoms with Gasteiger partial charge in [-0.2, -0.15) is 0 Å². The van der Waals surface area contributed by atoms with Crippen molar-refractivity contribution in [3.63, 3.8) is 0 Å². The number of carbonyl (C=O) groups excluding carboxylic acids is 2. The van der Waals surface area contributed by atoms with Gasteiger partial charge in [0.2, 0.25) is 5.91 Å². The standard InChI is InChI=1S/C23H31N3O3S/c1-5-29-19-11-9-16(10-12-19)23-25-15(4)20(30-23)22(28)26-18-8-6-7-17(13-18)21(27)24-14(2)3/h9-12,14,17-18H,5-8,13H2,1-4H3,(H,24,27)(H,26,28). The van der Waals surface area contributed by atoms with E-state index in [-0.39, 0.29) is 29.8 Å². The molecule has 0 bridgehead atoms. The molecule has 2 atom stereocenters. The second-order valence-corrected chi connectivity index (χ2v) is 9.09. The van der Waals surface area contributed by atoms with Crippen molar-refractivity contribution in [1.29, 1.82) is 0 Å². The fourth-order valence-corrected chi connectivity index (χ4v) is 4.78. The molecule has 0 aliphatic heterocycles. The van der Waals surface area contributed by atoms with Crippen molar-refractivity contribution in [3.05, 3.63) is 34.8 Å². The van der Waals surface area contributed by atoms with Crippen LogP contribution in [0.1, 0.15) is 61.8 Å². The molecule has 1 aromatic carbocycles. The fraction of sp³-hybridized carbons (Fsp3) is 0.522. The molecule has 2 N–H and O–H groups in total. The summed E-state index contributed by atoms with van der Waals surface area (Å²) >= 11 is 1.40. The van der Waals surface area contributed by atoms with Crippen molar-refractivity contribution in [2.45, 2.75) is 65.5 Å². The van der Waals surface area contributed by atoms with E-state index >= 15 is 0 Å². The average molecular weight is 430 g/mol. The first kappa shape index (κ1) is 22.3. The van der Waals surface area contributed by atoms with Crippen LogP contribution in [0.25, 0.3) is 10.6 Å². The molecule has 1 fully saturated rings. The first-order valence-corrected chi connectivity index (χ1v) is 11.5. The largest absolute Gasteiger partial charge is 0.494 e. The van der Waals surface area contributed by atoms with E-state index in [4.69, 9.17) is 4.74 Å². The number of benzene rings is 1. The number of hydrogen-bond acceptors (Lipinski definition) is 5. The summed E-state index contributed by atoms with van der Waals surface area (Å²) in [7, 11) is 0. The van der Waals surface area contributed by atoms with Crippen molar-refractivity contribution < 1.29 is 14.3 Å². The molecular weight excluding hydrogens is 398 g/mol. The molecule has 1 aliphatic rings. The predicted molar refractivity (Wildman–Crippen MR) is 120 cm³/mol. The molecular formula is C23H31N3O3S. The Morgan fingerprint density at radius 1 is 1.23 bits per heavy atom. The third-order valence-electron chi connectivity index (χ3n) is 5.23. The second-order valence-electron chi connectivity index (χ2n) is 8.09. The van der Waals surface area contributed by atoms with Crippen LogP contribution in [-0.4, -0.2) is 35.5 Å². The van der Waals surface area contributed by atoms with Gasteiger partial charge in [0.25, 0.3) is 5.91 Å². The van der Waals surface area contributed by atoms with Gasteiger partial charge in [-0.15, -0.1) is 11.3 Å².